The Kier molecular flexibility index (Phi) is 2.92. The largest absolute Gasteiger partial charge is 0.388 e. The van der Waals surface area contributed by atoms with Crippen molar-refractivity contribution in [2.75, 3.05) is 0 Å². The number of rotatable bonds is 2. The second-order valence-corrected chi connectivity index (χ2v) is 2.71. The van der Waals surface area contributed by atoms with Crippen molar-refractivity contribution in [3.8, 4) is 0 Å². The highest BCUT2D eigenvalue weighted by molar-refractivity contribution is 6.31. The van der Waals surface area contributed by atoms with Crippen LogP contribution in [-0.2, 0) is 0 Å². The van der Waals surface area contributed by atoms with Gasteiger partial charge in [0.2, 0.25) is 0 Å². The first-order chi connectivity index (χ1) is 5.25. The van der Waals surface area contributed by atoms with Crippen molar-refractivity contribution in [3.05, 3.63) is 41.3 Å². The number of halogens is 1. The van der Waals surface area contributed by atoms with Crippen molar-refractivity contribution in [1.29, 1.82) is 0 Å². The lowest BCUT2D eigenvalue weighted by atomic mass is 10.1. The van der Waals surface area contributed by atoms with Crippen LogP contribution in [0.15, 0.2) is 24.3 Å². The van der Waals surface area contributed by atoms with Gasteiger partial charge in [-0.25, -0.2) is 0 Å². The summed E-state index contributed by atoms with van der Waals surface area (Å²) in [6.07, 6.45) is 1.14. The molecule has 0 aliphatic carbocycles. The molecule has 1 radical (unpaired) electrons. The average Bonchev–Trinajstić information content (AvgIpc) is 2.04. The van der Waals surface area contributed by atoms with Gasteiger partial charge >= 0.3 is 0 Å². The number of benzene rings is 1. The summed E-state index contributed by atoms with van der Waals surface area (Å²) in [7, 11) is 0. The fourth-order valence-electron chi connectivity index (χ4n) is 0.895. The highest BCUT2D eigenvalue weighted by atomic mass is 35.5. The summed E-state index contributed by atoms with van der Waals surface area (Å²) in [5, 5.41) is 9.98. The normalized spacial score (nSPS) is 13.0. The van der Waals surface area contributed by atoms with Crippen molar-refractivity contribution in [2.45, 2.75) is 13.0 Å². The van der Waals surface area contributed by atoms with E-state index in [1.54, 1.807) is 19.4 Å². The van der Waals surface area contributed by atoms with Crippen molar-refractivity contribution in [3.63, 3.8) is 0 Å². The number of aliphatic hydroxyl groups excluding tert-OH is 1. The summed E-state index contributed by atoms with van der Waals surface area (Å²) in [5.41, 5.74) is 0.761. The molecule has 0 amide bonds. The first-order valence-corrected chi connectivity index (χ1v) is 3.85. The zero-order valence-electron chi connectivity index (χ0n) is 6.29. The smallest absolute Gasteiger partial charge is 0.0833 e. The van der Waals surface area contributed by atoms with Crippen LogP contribution >= 0.6 is 11.6 Å². The molecule has 1 atom stereocenters. The molecule has 0 spiro atoms. The molecule has 1 aromatic carbocycles. The molecule has 1 aromatic rings. The van der Waals surface area contributed by atoms with E-state index in [-0.39, 0.29) is 0 Å². The Morgan fingerprint density at radius 3 is 2.64 bits per heavy atom. The van der Waals surface area contributed by atoms with Gasteiger partial charge in [-0.15, -0.1) is 0 Å². The van der Waals surface area contributed by atoms with E-state index in [0.717, 1.165) is 5.56 Å². The lowest BCUT2D eigenvalue weighted by Crippen LogP contribution is -1.95. The molecule has 0 aliphatic heterocycles. The molecule has 59 valence electrons. The van der Waals surface area contributed by atoms with Gasteiger partial charge < -0.3 is 5.11 Å². The maximum absolute atomic E-state index is 9.37. The third-order valence-electron chi connectivity index (χ3n) is 1.54. The third-order valence-corrected chi connectivity index (χ3v) is 1.88. The Labute approximate surface area is 71.6 Å². The first-order valence-electron chi connectivity index (χ1n) is 3.47. The maximum Gasteiger partial charge on any atom is 0.0833 e. The minimum absolute atomic E-state index is 0.552. The zero-order chi connectivity index (χ0) is 8.27. The predicted molar refractivity (Wildman–Crippen MR) is 46.4 cm³/mol. The monoisotopic (exact) mass is 169 g/mol. The van der Waals surface area contributed by atoms with Crippen LogP contribution in [0.4, 0.5) is 0 Å². The maximum atomic E-state index is 9.37. The van der Waals surface area contributed by atoms with Gasteiger partial charge in [-0.1, -0.05) is 36.7 Å². The topological polar surface area (TPSA) is 20.2 Å². The molecule has 0 saturated heterocycles. The fourth-order valence-corrected chi connectivity index (χ4v) is 1.14. The van der Waals surface area contributed by atoms with E-state index in [0.29, 0.717) is 5.02 Å². The lowest BCUT2D eigenvalue weighted by Gasteiger charge is -2.08. The molecule has 1 nitrogen and oxygen atoms in total. The molecule has 2 heteroatoms. The number of aliphatic hydroxyl groups is 1. The Hall–Kier alpha value is -0.530. The Balaban J connectivity index is 2.93. The van der Waals surface area contributed by atoms with Gasteiger partial charge in [0.25, 0.3) is 0 Å². The molecule has 11 heavy (non-hydrogen) atoms. The minimum Gasteiger partial charge on any atom is -0.388 e. The summed E-state index contributed by atoms with van der Waals surface area (Å²) in [6.45, 7) is 1.80. The van der Waals surface area contributed by atoms with E-state index in [9.17, 15) is 5.11 Å². The van der Waals surface area contributed by atoms with E-state index in [4.69, 9.17) is 11.6 Å². The van der Waals surface area contributed by atoms with Gasteiger partial charge in [0.05, 0.1) is 6.10 Å². The Morgan fingerprint density at radius 2 is 2.09 bits per heavy atom. The van der Waals surface area contributed by atoms with Crippen LogP contribution < -0.4 is 0 Å². The van der Waals surface area contributed by atoms with Crippen LogP contribution in [0, 0.1) is 6.42 Å². The number of hydrogen-bond donors (Lipinski definition) is 1. The molecule has 0 saturated carbocycles. The van der Waals surface area contributed by atoms with Crippen LogP contribution in [0.25, 0.3) is 0 Å². The van der Waals surface area contributed by atoms with Crippen LogP contribution in [0.2, 0.25) is 5.02 Å². The van der Waals surface area contributed by atoms with Gasteiger partial charge in [0, 0.05) is 5.02 Å². The summed E-state index contributed by atoms with van der Waals surface area (Å²) in [6, 6.07) is 7.28. The van der Waals surface area contributed by atoms with Crippen LogP contribution in [0.1, 0.15) is 18.6 Å². The summed E-state index contributed by atoms with van der Waals surface area (Å²) in [4.78, 5) is 0. The molecule has 0 bridgehead atoms. The molecule has 1 N–H and O–H groups in total. The molecular weight excluding hydrogens is 160 g/mol. The van der Waals surface area contributed by atoms with Crippen molar-refractivity contribution < 1.29 is 5.11 Å². The van der Waals surface area contributed by atoms with Gasteiger partial charge in [-0.3, -0.25) is 0 Å². The number of hydrogen-bond acceptors (Lipinski definition) is 1. The molecule has 0 aromatic heterocycles. The molecule has 0 heterocycles. The zero-order valence-corrected chi connectivity index (χ0v) is 7.05. The average molecular weight is 170 g/mol. The van der Waals surface area contributed by atoms with Gasteiger partial charge in [0.15, 0.2) is 0 Å². The highest BCUT2D eigenvalue weighted by Gasteiger charge is 2.07. The fraction of sp³-hybridized carbons (Fsp3) is 0.222. The van der Waals surface area contributed by atoms with Gasteiger partial charge in [-0.2, -0.15) is 0 Å². The Morgan fingerprint density at radius 1 is 1.45 bits per heavy atom. The summed E-state index contributed by atoms with van der Waals surface area (Å²) in [5.74, 6) is 0. The summed E-state index contributed by atoms with van der Waals surface area (Å²) >= 11 is 5.82. The lowest BCUT2D eigenvalue weighted by molar-refractivity contribution is 0.212. The second kappa shape index (κ2) is 3.74. The Bertz CT molecular complexity index is 235. The molecular formula is C9H10ClO. The van der Waals surface area contributed by atoms with E-state index in [2.05, 4.69) is 0 Å². The molecule has 1 unspecified atom stereocenters. The van der Waals surface area contributed by atoms with Crippen LogP contribution in [0.5, 0.6) is 0 Å². The SMILES string of the molecule is C[CH]C(O)c1ccccc1Cl. The van der Waals surface area contributed by atoms with Gasteiger partial charge in [0.1, 0.15) is 0 Å². The standard InChI is InChI=1S/C9H10ClO/c1-2-9(11)7-5-3-4-6-8(7)10/h2-6,9,11H,1H3. The van der Waals surface area contributed by atoms with Crippen LogP contribution in [0.3, 0.4) is 0 Å². The second-order valence-electron chi connectivity index (χ2n) is 2.30. The summed E-state index contributed by atoms with van der Waals surface area (Å²) < 4.78 is 0. The van der Waals surface area contributed by atoms with E-state index in [1.165, 1.54) is 0 Å². The van der Waals surface area contributed by atoms with Crippen LogP contribution in [-0.4, -0.2) is 5.11 Å². The van der Waals surface area contributed by atoms with E-state index >= 15 is 0 Å². The van der Waals surface area contributed by atoms with E-state index in [1.807, 2.05) is 18.2 Å². The highest BCUT2D eigenvalue weighted by Crippen LogP contribution is 2.23. The van der Waals surface area contributed by atoms with Crippen molar-refractivity contribution in [1.82, 2.24) is 0 Å². The molecule has 0 fully saturated rings. The third kappa shape index (κ3) is 1.95. The van der Waals surface area contributed by atoms with Crippen molar-refractivity contribution >= 4 is 11.6 Å². The predicted octanol–water partition coefficient (Wildman–Crippen LogP) is 2.60. The van der Waals surface area contributed by atoms with Gasteiger partial charge in [-0.05, 0) is 18.1 Å². The molecule has 1 rings (SSSR count). The first kappa shape index (κ1) is 8.57. The minimum atomic E-state index is -0.552. The van der Waals surface area contributed by atoms with E-state index < -0.39 is 6.10 Å². The quantitative estimate of drug-likeness (QED) is 0.722. The van der Waals surface area contributed by atoms with Crippen molar-refractivity contribution in [2.24, 2.45) is 0 Å². The molecule has 0 aliphatic rings.